The normalized spacial score (nSPS) is 50.4. The molecule has 5 atom stereocenters. The molecule has 7 saturated carbocycles. The molecule has 172 valence electrons. The summed E-state index contributed by atoms with van der Waals surface area (Å²) >= 11 is 0. The van der Waals surface area contributed by atoms with Crippen molar-refractivity contribution in [2.75, 3.05) is 0 Å². The van der Waals surface area contributed by atoms with E-state index >= 15 is 0 Å². The molecule has 0 saturated heterocycles. The number of rotatable bonds is 3. The van der Waals surface area contributed by atoms with E-state index in [0.717, 1.165) is 61.3 Å². The fraction of sp³-hybridized carbons (Fsp3) is 0.759. The van der Waals surface area contributed by atoms with Crippen molar-refractivity contribution in [3.63, 3.8) is 0 Å². The van der Waals surface area contributed by atoms with Crippen LogP contribution in [-0.2, 0) is 10.3 Å². The second-order valence-electron chi connectivity index (χ2n) is 13.1. The lowest BCUT2D eigenvalue weighted by molar-refractivity contribution is -0.284. The maximum absolute atomic E-state index is 13.1. The van der Waals surface area contributed by atoms with Gasteiger partial charge in [0.15, 0.2) is 0 Å². The summed E-state index contributed by atoms with van der Waals surface area (Å²) in [5.74, 6) is 4.03. The number of carbonyl (C=O) groups excluding carboxylic acids is 1. The summed E-state index contributed by atoms with van der Waals surface area (Å²) in [6.07, 6.45) is 14.9. The lowest BCUT2D eigenvalue weighted by atomic mass is 9.37. The number of benzene rings is 1. The minimum absolute atomic E-state index is 0.0165. The van der Waals surface area contributed by atoms with Gasteiger partial charge in [-0.1, -0.05) is 38.3 Å². The molecule has 6 bridgehead atoms. The van der Waals surface area contributed by atoms with Crippen molar-refractivity contribution in [3.8, 4) is 0 Å². The third-order valence-corrected chi connectivity index (χ3v) is 11.2. The van der Waals surface area contributed by atoms with Gasteiger partial charge >= 0.3 is 5.97 Å². The number of hydrogen-bond acceptors (Lipinski definition) is 3. The molecule has 7 aliphatic carbocycles. The van der Waals surface area contributed by atoms with Gasteiger partial charge in [0.25, 0.3) is 0 Å². The molecule has 8 rings (SSSR count). The van der Waals surface area contributed by atoms with Gasteiger partial charge in [0.05, 0.1) is 11.2 Å². The first-order valence-electron chi connectivity index (χ1n) is 13.4. The van der Waals surface area contributed by atoms with E-state index in [9.17, 15) is 9.90 Å². The molecule has 3 heteroatoms. The smallest absolute Gasteiger partial charge is 0.338 e. The first kappa shape index (κ1) is 20.1. The van der Waals surface area contributed by atoms with Crippen molar-refractivity contribution in [1.82, 2.24) is 0 Å². The Balaban J connectivity index is 1.11. The number of hydrogen-bond donors (Lipinski definition) is 1. The summed E-state index contributed by atoms with van der Waals surface area (Å²) in [5.41, 5.74) is 0.729. The maximum atomic E-state index is 13.1. The van der Waals surface area contributed by atoms with Gasteiger partial charge in [-0.25, -0.2) is 4.79 Å². The Kier molecular flexibility index (Phi) is 4.15. The third kappa shape index (κ3) is 2.67. The molecule has 1 N–H and O–H groups in total. The Morgan fingerprint density at radius 3 is 2.19 bits per heavy atom. The first-order valence-corrected chi connectivity index (χ1v) is 13.4. The lowest BCUT2D eigenvalue weighted by Gasteiger charge is -2.69. The highest BCUT2D eigenvalue weighted by atomic mass is 16.6. The summed E-state index contributed by atoms with van der Waals surface area (Å²) in [5, 5.41) is 12.0. The van der Waals surface area contributed by atoms with E-state index in [1.165, 1.54) is 44.9 Å². The topological polar surface area (TPSA) is 46.5 Å². The zero-order valence-electron chi connectivity index (χ0n) is 19.5. The average Bonchev–Trinajstić information content (AvgIpc) is 2.77. The molecule has 0 spiro atoms. The Bertz CT molecular complexity index is 899. The van der Waals surface area contributed by atoms with Crippen LogP contribution < -0.4 is 0 Å². The second kappa shape index (κ2) is 6.62. The van der Waals surface area contributed by atoms with E-state index in [1.807, 2.05) is 24.3 Å². The second-order valence-corrected chi connectivity index (χ2v) is 13.1. The highest BCUT2D eigenvalue weighted by Crippen LogP contribution is 2.71. The number of esters is 1. The van der Waals surface area contributed by atoms with Crippen molar-refractivity contribution in [2.24, 2.45) is 40.9 Å². The van der Waals surface area contributed by atoms with Crippen molar-refractivity contribution >= 4 is 5.97 Å². The van der Waals surface area contributed by atoms with Crippen LogP contribution in [0.15, 0.2) is 24.3 Å². The fourth-order valence-electron chi connectivity index (χ4n) is 10.2. The quantitative estimate of drug-likeness (QED) is 0.573. The molecule has 0 aromatic heterocycles. The molecule has 0 radical (unpaired) electrons. The van der Waals surface area contributed by atoms with Crippen molar-refractivity contribution in [2.45, 2.75) is 95.2 Å². The van der Waals surface area contributed by atoms with Crippen LogP contribution in [0.3, 0.4) is 0 Å². The minimum Gasteiger partial charge on any atom is -0.455 e. The largest absolute Gasteiger partial charge is 0.455 e. The first-order chi connectivity index (χ1) is 15.4. The van der Waals surface area contributed by atoms with Gasteiger partial charge in [-0.05, 0) is 111 Å². The Hall–Kier alpha value is -1.35. The van der Waals surface area contributed by atoms with E-state index in [-0.39, 0.29) is 17.0 Å². The molecule has 7 aliphatic rings. The molecule has 0 unspecified atom stereocenters. The van der Waals surface area contributed by atoms with E-state index in [4.69, 9.17) is 4.74 Å². The summed E-state index contributed by atoms with van der Waals surface area (Å²) in [7, 11) is 0. The summed E-state index contributed by atoms with van der Waals surface area (Å²) in [6.45, 7) is 2.30. The van der Waals surface area contributed by atoms with Crippen LogP contribution in [0.5, 0.6) is 0 Å². The molecule has 3 nitrogen and oxygen atoms in total. The van der Waals surface area contributed by atoms with E-state index < -0.39 is 5.60 Å². The lowest BCUT2D eigenvalue weighted by Crippen LogP contribution is -2.67. The molecular weight excluding hydrogens is 396 g/mol. The van der Waals surface area contributed by atoms with Gasteiger partial charge in [-0.2, -0.15) is 0 Å². The van der Waals surface area contributed by atoms with Crippen molar-refractivity contribution < 1.29 is 14.6 Å². The molecular formula is C29H38O3. The minimum atomic E-state index is -0.728. The molecule has 0 amide bonds. The molecule has 7 fully saturated rings. The highest BCUT2D eigenvalue weighted by Gasteiger charge is 2.69. The molecule has 0 heterocycles. The van der Waals surface area contributed by atoms with Crippen LogP contribution in [0.2, 0.25) is 0 Å². The Morgan fingerprint density at radius 1 is 0.906 bits per heavy atom. The predicted octanol–water partition coefficient (Wildman–Crippen LogP) is 6.24. The van der Waals surface area contributed by atoms with Crippen LogP contribution in [0.4, 0.5) is 0 Å². The van der Waals surface area contributed by atoms with E-state index in [0.29, 0.717) is 17.4 Å². The molecule has 32 heavy (non-hydrogen) atoms. The van der Waals surface area contributed by atoms with Gasteiger partial charge in [-0.3, -0.25) is 0 Å². The molecule has 0 aliphatic heterocycles. The summed E-state index contributed by atoms with van der Waals surface area (Å²) in [6, 6.07) is 7.91. The van der Waals surface area contributed by atoms with E-state index in [2.05, 4.69) is 6.92 Å². The van der Waals surface area contributed by atoms with Crippen LogP contribution in [0.1, 0.15) is 99.9 Å². The number of ether oxygens (including phenoxy) is 1. The fourth-order valence-corrected chi connectivity index (χ4v) is 10.2. The van der Waals surface area contributed by atoms with Crippen LogP contribution in [0.25, 0.3) is 0 Å². The standard InChI is InChI=1S/C29H38O3/c1-27-16-22-4-2-3-5-24(22)25(17-27)29(27,31)23-8-6-21(7-9-23)26(30)32-28-13-18-10-19(14-28)12-20(11-18)15-28/h6-9,18-20,22,24-25,31H,2-5,10-17H2,1H3/t18?,19?,20?,22-,24+,25-,27-,28?,29-/m0/s1. The number of fused-ring (bicyclic) bond motifs is 4. The SMILES string of the molecule is C[C@]12C[C@@H]3CCCC[C@H]3[C@H](C1)[C@@]2(O)c1ccc(C(=O)OC23CC4CC(CC(C4)C2)C3)cc1. The van der Waals surface area contributed by atoms with Gasteiger partial charge in [-0.15, -0.1) is 0 Å². The third-order valence-electron chi connectivity index (χ3n) is 11.2. The van der Waals surface area contributed by atoms with Gasteiger partial charge < -0.3 is 9.84 Å². The van der Waals surface area contributed by atoms with Crippen molar-refractivity contribution in [3.05, 3.63) is 35.4 Å². The van der Waals surface area contributed by atoms with Crippen LogP contribution >= 0.6 is 0 Å². The van der Waals surface area contributed by atoms with Gasteiger partial charge in [0.2, 0.25) is 0 Å². The van der Waals surface area contributed by atoms with Gasteiger partial charge in [0.1, 0.15) is 5.60 Å². The number of carbonyl (C=O) groups is 1. The van der Waals surface area contributed by atoms with Crippen molar-refractivity contribution in [1.29, 1.82) is 0 Å². The Morgan fingerprint density at radius 2 is 1.53 bits per heavy atom. The molecule has 1 aromatic carbocycles. The van der Waals surface area contributed by atoms with Gasteiger partial charge in [0, 0.05) is 5.41 Å². The summed E-state index contributed by atoms with van der Waals surface area (Å²) in [4.78, 5) is 13.1. The highest BCUT2D eigenvalue weighted by molar-refractivity contribution is 5.89. The van der Waals surface area contributed by atoms with E-state index in [1.54, 1.807) is 0 Å². The monoisotopic (exact) mass is 434 g/mol. The maximum Gasteiger partial charge on any atom is 0.338 e. The van der Waals surface area contributed by atoms with Crippen LogP contribution in [0, 0.1) is 40.9 Å². The summed E-state index contributed by atoms with van der Waals surface area (Å²) < 4.78 is 6.27. The zero-order chi connectivity index (χ0) is 21.7. The number of aliphatic hydroxyl groups is 1. The molecule has 1 aromatic rings. The van der Waals surface area contributed by atoms with Crippen LogP contribution in [-0.4, -0.2) is 16.7 Å². The predicted molar refractivity (Wildman–Crippen MR) is 123 cm³/mol. The Labute approximate surface area is 192 Å². The zero-order valence-corrected chi connectivity index (χ0v) is 19.5. The average molecular weight is 435 g/mol.